The molecule has 0 aromatic heterocycles. The molecular weight excluding hydrogens is 144 g/mol. The Morgan fingerprint density at radius 3 is 2.25 bits per heavy atom. The lowest BCUT2D eigenvalue weighted by Crippen LogP contribution is -2.11. The van der Waals surface area contributed by atoms with E-state index in [1.807, 2.05) is 6.08 Å². The maximum Gasteiger partial charge on any atom is -0.0168 e. The number of hydrogen-bond acceptors (Lipinski definition) is 0. The first-order valence-electron chi connectivity index (χ1n) is 4.42. The lowest BCUT2D eigenvalue weighted by molar-refractivity contribution is 0.375. The van der Waals surface area contributed by atoms with E-state index >= 15 is 0 Å². The third-order valence-corrected chi connectivity index (χ3v) is 2.40. The van der Waals surface area contributed by atoms with Crippen LogP contribution in [0.1, 0.15) is 19.3 Å². The summed E-state index contributed by atoms with van der Waals surface area (Å²) in [4.78, 5) is 0. The molecule has 0 spiro atoms. The monoisotopic (exact) mass is 160 g/mol. The van der Waals surface area contributed by atoms with Crippen LogP contribution < -0.4 is 0 Å². The van der Waals surface area contributed by atoms with E-state index in [9.17, 15) is 0 Å². The molecule has 0 aromatic rings. The average Bonchev–Trinajstić information content (AvgIpc) is 1.97. The van der Waals surface area contributed by atoms with Gasteiger partial charge < -0.3 is 0 Å². The molecule has 12 heavy (non-hydrogen) atoms. The van der Waals surface area contributed by atoms with Gasteiger partial charge in [0.25, 0.3) is 0 Å². The smallest absolute Gasteiger partial charge is 0.0168 e. The molecule has 0 radical (unpaired) electrons. The number of hydrogen-bond donors (Lipinski definition) is 0. The largest absolute Gasteiger partial charge is 0.0985 e. The van der Waals surface area contributed by atoms with E-state index in [0.29, 0.717) is 0 Å². The van der Waals surface area contributed by atoms with Gasteiger partial charge in [0.2, 0.25) is 0 Å². The highest BCUT2D eigenvalue weighted by Crippen LogP contribution is 2.32. The molecule has 1 aliphatic rings. The van der Waals surface area contributed by atoms with E-state index in [0.717, 1.165) is 11.5 Å². The van der Waals surface area contributed by atoms with Crippen LogP contribution in [0.25, 0.3) is 0 Å². The summed E-state index contributed by atoms with van der Waals surface area (Å²) >= 11 is 0. The molecule has 0 atom stereocenters. The maximum atomic E-state index is 4.02. The lowest BCUT2D eigenvalue weighted by Gasteiger charge is -2.25. The average molecular weight is 160 g/mol. The van der Waals surface area contributed by atoms with E-state index in [-0.39, 0.29) is 0 Å². The Bertz CT molecular complexity index is 226. The minimum absolute atomic E-state index is 0.735. The second kappa shape index (κ2) is 4.10. The molecule has 0 saturated heterocycles. The Balaban J connectivity index is 2.38. The molecule has 1 saturated carbocycles. The standard InChI is InChI=1S/C12H16/c1-4-10(2)8-9-11(3)12-6-5-7-12/h4,8-9,12H,1-3,5-7H2/b9-8-. The van der Waals surface area contributed by atoms with Crippen molar-refractivity contribution in [2.45, 2.75) is 19.3 Å². The van der Waals surface area contributed by atoms with Crippen molar-refractivity contribution in [3.63, 3.8) is 0 Å². The molecule has 1 fully saturated rings. The van der Waals surface area contributed by atoms with Crippen LogP contribution in [0, 0.1) is 5.92 Å². The Kier molecular flexibility index (Phi) is 3.09. The Labute approximate surface area is 75.0 Å². The fourth-order valence-corrected chi connectivity index (χ4v) is 1.20. The van der Waals surface area contributed by atoms with Gasteiger partial charge >= 0.3 is 0 Å². The third kappa shape index (κ3) is 2.23. The molecule has 0 unspecified atom stereocenters. The molecule has 64 valence electrons. The van der Waals surface area contributed by atoms with E-state index in [1.165, 1.54) is 24.8 Å². The first-order chi connectivity index (χ1) is 5.74. The van der Waals surface area contributed by atoms with Gasteiger partial charge in [-0.3, -0.25) is 0 Å². The predicted octanol–water partition coefficient (Wildman–Crippen LogP) is 3.64. The molecule has 0 nitrogen and oxygen atoms in total. The second-order valence-electron chi connectivity index (χ2n) is 3.32. The molecule has 0 heteroatoms. The summed E-state index contributed by atoms with van der Waals surface area (Å²) in [6, 6.07) is 0. The van der Waals surface area contributed by atoms with Crippen LogP contribution in [-0.2, 0) is 0 Å². The van der Waals surface area contributed by atoms with Crippen molar-refractivity contribution < 1.29 is 0 Å². The van der Waals surface area contributed by atoms with Crippen LogP contribution in [0.4, 0.5) is 0 Å². The van der Waals surface area contributed by atoms with Gasteiger partial charge in [0.15, 0.2) is 0 Å². The van der Waals surface area contributed by atoms with Gasteiger partial charge in [-0.05, 0) is 24.3 Å². The lowest BCUT2D eigenvalue weighted by atomic mass is 9.80. The molecule has 0 amide bonds. The van der Waals surface area contributed by atoms with Crippen molar-refractivity contribution in [1.29, 1.82) is 0 Å². The zero-order chi connectivity index (χ0) is 8.97. The van der Waals surface area contributed by atoms with E-state index in [4.69, 9.17) is 0 Å². The van der Waals surface area contributed by atoms with E-state index in [2.05, 4.69) is 25.8 Å². The number of rotatable bonds is 4. The van der Waals surface area contributed by atoms with Gasteiger partial charge in [0, 0.05) is 0 Å². The minimum atomic E-state index is 0.735. The van der Waals surface area contributed by atoms with Gasteiger partial charge in [0.05, 0.1) is 0 Å². The summed E-state index contributed by atoms with van der Waals surface area (Å²) in [5.74, 6) is 0.735. The molecule has 1 rings (SSSR count). The third-order valence-electron chi connectivity index (χ3n) is 2.40. The van der Waals surface area contributed by atoms with Gasteiger partial charge in [-0.2, -0.15) is 0 Å². The summed E-state index contributed by atoms with van der Waals surface area (Å²) in [5, 5.41) is 0. The molecule has 0 aliphatic heterocycles. The Morgan fingerprint density at radius 1 is 1.17 bits per heavy atom. The quantitative estimate of drug-likeness (QED) is 0.551. The fraction of sp³-hybridized carbons (Fsp3) is 0.333. The zero-order valence-electron chi connectivity index (χ0n) is 7.55. The van der Waals surface area contributed by atoms with Crippen LogP contribution in [0.2, 0.25) is 0 Å². The van der Waals surface area contributed by atoms with E-state index in [1.54, 1.807) is 6.08 Å². The summed E-state index contributed by atoms with van der Waals surface area (Å²) < 4.78 is 0. The first kappa shape index (κ1) is 9.05. The Morgan fingerprint density at radius 2 is 1.83 bits per heavy atom. The highest BCUT2D eigenvalue weighted by Gasteiger charge is 2.18. The van der Waals surface area contributed by atoms with Gasteiger partial charge in [0.1, 0.15) is 0 Å². The Hall–Kier alpha value is -1.04. The molecule has 0 N–H and O–H groups in total. The highest BCUT2D eigenvalue weighted by atomic mass is 14.2. The normalized spacial score (nSPS) is 17.3. The van der Waals surface area contributed by atoms with Crippen molar-refractivity contribution in [2.75, 3.05) is 0 Å². The summed E-state index contributed by atoms with van der Waals surface area (Å²) in [5.41, 5.74) is 2.19. The summed E-state index contributed by atoms with van der Waals surface area (Å²) in [6.07, 6.45) is 9.78. The zero-order valence-corrected chi connectivity index (χ0v) is 7.55. The van der Waals surface area contributed by atoms with Crippen LogP contribution in [-0.4, -0.2) is 0 Å². The highest BCUT2D eigenvalue weighted by molar-refractivity contribution is 5.31. The van der Waals surface area contributed by atoms with Crippen molar-refractivity contribution in [1.82, 2.24) is 0 Å². The SMILES string of the molecule is C=CC(=C)/C=C\C(=C)C1CCC1. The molecular formula is C12H16. The molecule has 0 heterocycles. The van der Waals surface area contributed by atoms with E-state index < -0.39 is 0 Å². The first-order valence-corrected chi connectivity index (χ1v) is 4.42. The molecule has 1 aliphatic carbocycles. The van der Waals surface area contributed by atoms with Crippen LogP contribution in [0.3, 0.4) is 0 Å². The van der Waals surface area contributed by atoms with Gasteiger partial charge in [-0.25, -0.2) is 0 Å². The van der Waals surface area contributed by atoms with Crippen molar-refractivity contribution in [3.05, 3.63) is 49.1 Å². The van der Waals surface area contributed by atoms with Gasteiger partial charge in [-0.1, -0.05) is 50.0 Å². The second-order valence-corrected chi connectivity index (χ2v) is 3.32. The predicted molar refractivity (Wildman–Crippen MR) is 55.0 cm³/mol. The van der Waals surface area contributed by atoms with Crippen LogP contribution in [0.15, 0.2) is 49.1 Å². The van der Waals surface area contributed by atoms with Crippen LogP contribution in [0.5, 0.6) is 0 Å². The van der Waals surface area contributed by atoms with Gasteiger partial charge in [-0.15, -0.1) is 0 Å². The topological polar surface area (TPSA) is 0 Å². The maximum absolute atomic E-state index is 4.02. The fourth-order valence-electron chi connectivity index (χ4n) is 1.20. The van der Waals surface area contributed by atoms with Crippen molar-refractivity contribution >= 4 is 0 Å². The van der Waals surface area contributed by atoms with Crippen molar-refractivity contribution in [3.8, 4) is 0 Å². The summed E-state index contributed by atoms with van der Waals surface area (Å²) in [7, 11) is 0. The molecule has 0 bridgehead atoms. The minimum Gasteiger partial charge on any atom is -0.0985 e. The van der Waals surface area contributed by atoms with Crippen molar-refractivity contribution in [2.24, 2.45) is 5.92 Å². The molecule has 0 aromatic carbocycles. The number of allylic oxidation sites excluding steroid dienone is 5. The summed E-state index contributed by atoms with van der Waals surface area (Å²) in [6.45, 7) is 11.5. The van der Waals surface area contributed by atoms with Crippen LogP contribution >= 0.6 is 0 Å².